The van der Waals surface area contributed by atoms with Gasteiger partial charge in [-0.25, -0.2) is 13.4 Å². The van der Waals surface area contributed by atoms with Gasteiger partial charge in [0.2, 0.25) is 15.9 Å². The second kappa shape index (κ2) is 10.2. The van der Waals surface area contributed by atoms with E-state index in [0.717, 1.165) is 18.7 Å². The number of rotatable bonds is 9. The Morgan fingerprint density at radius 2 is 1.90 bits per heavy atom. The molecule has 30 heavy (non-hydrogen) atoms. The molecule has 1 aromatic heterocycles. The first-order chi connectivity index (χ1) is 14.3. The Balaban J connectivity index is 1.48. The van der Waals surface area contributed by atoms with E-state index in [1.165, 1.54) is 11.8 Å². The summed E-state index contributed by atoms with van der Waals surface area (Å²) in [6, 6.07) is 10.1. The van der Waals surface area contributed by atoms with Crippen molar-refractivity contribution in [1.29, 1.82) is 0 Å². The Bertz CT molecular complexity index is 919. The highest BCUT2D eigenvalue weighted by molar-refractivity contribution is 7.88. The van der Waals surface area contributed by atoms with Crippen LogP contribution in [0, 0.1) is 6.92 Å². The molecule has 7 nitrogen and oxygen atoms in total. The zero-order valence-electron chi connectivity index (χ0n) is 17.9. The van der Waals surface area contributed by atoms with Gasteiger partial charge in [-0.05, 0) is 38.2 Å². The summed E-state index contributed by atoms with van der Waals surface area (Å²) in [7, 11) is -3.32. The Morgan fingerprint density at radius 1 is 1.20 bits per heavy atom. The predicted octanol–water partition coefficient (Wildman–Crippen LogP) is 2.47. The zero-order valence-corrected chi connectivity index (χ0v) is 18.7. The van der Waals surface area contributed by atoms with Crippen LogP contribution in [0.2, 0.25) is 0 Å². The van der Waals surface area contributed by atoms with Crippen LogP contribution in [0.1, 0.15) is 37.1 Å². The van der Waals surface area contributed by atoms with Crippen LogP contribution in [0.4, 0.5) is 0 Å². The smallest absolute Gasteiger partial charge is 0.222 e. The van der Waals surface area contributed by atoms with Crippen LogP contribution >= 0.6 is 0 Å². The molecule has 2 heterocycles. The quantitative estimate of drug-likeness (QED) is 0.610. The fourth-order valence-corrected chi connectivity index (χ4v) is 5.28. The highest BCUT2D eigenvalue weighted by atomic mass is 32.2. The standard InChI is InChI=1S/C22H32N4O3S/c1-19-23-13-16-24(19)17-18-26(30(2,28)29)21-11-14-25(15-12-21)22(27)10-6-9-20-7-4-3-5-8-20/h3-5,7-8,13,16,21H,6,9-12,14-15,17-18H2,1-2H3. The minimum Gasteiger partial charge on any atom is -0.343 e. The van der Waals surface area contributed by atoms with E-state index in [2.05, 4.69) is 17.1 Å². The molecule has 0 aliphatic carbocycles. The third-order valence-corrected chi connectivity index (χ3v) is 7.17. The number of hydrogen-bond donors (Lipinski definition) is 0. The highest BCUT2D eigenvalue weighted by Crippen LogP contribution is 2.20. The lowest BCUT2D eigenvalue weighted by Crippen LogP contribution is -2.49. The van der Waals surface area contributed by atoms with Gasteiger partial charge in [-0.15, -0.1) is 0 Å². The first-order valence-electron chi connectivity index (χ1n) is 10.6. The van der Waals surface area contributed by atoms with Crippen LogP contribution in [-0.2, 0) is 27.8 Å². The Labute approximate surface area is 179 Å². The largest absolute Gasteiger partial charge is 0.343 e. The molecule has 1 fully saturated rings. The summed E-state index contributed by atoms with van der Waals surface area (Å²) in [5.74, 6) is 1.05. The van der Waals surface area contributed by atoms with Gasteiger partial charge >= 0.3 is 0 Å². The number of carbonyl (C=O) groups excluding carboxylic acids is 1. The van der Waals surface area contributed by atoms with E-state index < -0.39 is 10.0 Å². The Morgan fingerprint density at radius 3 is 2.50 bits per heavy atom. The molecular weight excluding hydrogens is 400 g/mol. The maximum atomic E-state index is 12.6. The number of aromatic nitrogens is 2. The number of carbonyl (C=O) groups is 1. The minimum absolute atomic E-state index is 0.0582. The molecule has 0 bridgehead atoms. The molecular formula is C22H32N4O3S. The van der Waals surface area contributed by atoms with E-state index in [-0.39, 0.29) is 11.9 Å². The molecule has 0 N–H and O–H groups in total. The predicted molar refractivity (Wildman–Crippen MR) is 117 cm³/mol. The fraction of sp³-hybridized carbons (Fsp3) is 0.545. The van der Waals surface area contributed by atoms with Gasteiger partial charge in [0.05, 0.1) is 6.26 Å². The van der Waals surface area contributed by atoms with Crippen molar-refractivity contribution in [2.45, 2.75) is 51.6 Å². The van der Waals surface area contributed by atoms with E-state index >= 15 is 0 Å². The molecule has 2 aromatic rings. The molecule has 164 valence electrons. The fourth-order valence-electron chi connectivity index (χ4n) is 4.12. The van der Waals surface area contributed by atoms with Gasteiger partial charge in [0, 0.05) is 51.0 Å². The molecule has 3 rings (SSSR count). The number of hydrogen-bond acceptors (Lipinski definition) is 4. The lowest BCUT2D eigenvalue weighted by molar-refractivity contribution is -0.132. The SMILES string of the molecule is Cc1nccn1CCN(C1CCN(C(=O)CCCc2ccccc2)CC1)S(C)(=O)=O. The molecule has 0 saturated carbocycles. The number of amides is 1. The van der Waals surface area contributed by atoms with Crippen molar-refractivity contribution in [3.8, 4) is 0 Å². The second-order valence-electron chi connectivity index (χ2n) is 7.99. The van der Waals surface area contributed by atoms with Crippen molar-refractivity contribution in [1.82, 2.24) is 18.8 Å². The van der Waals surface area contributed by atoms with Gasteiger partial charge in [0.15, 0.2) is 0 Å². The Hall–Kier alpha value is -2.19. The molecule has 0 unspecified atom stereocenters. The van der Waals surface area contributed by atoms with Gasteiger partial charge in [0.25, 0.3) is 0 Å². The van der Waals surface area contributed by atoms with Crippen molar-refractivity contribution in [2.75, 3.05) is 25.9 Å². The van der Waals surface area contributed by atoms with Crippen LogP contribution in [-0.4, -0.2) is 65.0 Å². The summed E-state index contributed by atoms with van der Waals surface area (Å²) in [6.45, 7) is 4.14. The number of nitrogens with zero attached hydrogens (tertiary/aromatic N) is 4. The monoisotopic (exact) mass is 432 g/mol. The summed E-state index contributed by atoms with van der Waals surface area (Å²) < 4.78 is 28.3. The van der Waals surface area contributed by atoms with Crippen molar-refractivity contribution in [3.63, 3.8) is 0 Å². The summed E-state index contributed by atoms with van der Waals surface area (Å²) in [6.07, 6.45) is 8.50. The number of likely N-dealkylation sites (tertiary alicyclic amines) is 1. The third-order valence-electron chi connectivity index (χ3n) is 5.83. The van der Waals surface area contributed by atoms with E-state index in [4.69, 9.17) is 0 Å². The van der Waals surface area contributed by atoms with Gasteiger partial charge in [-0.2, -0.15) is 4.31 Å². The summed E-state index contributed by atoms with van der Waals surface area (Å²) in [5.41, 5.74) is 1.25. The van der Waals surface area contributed by atoms with E-state index in [1.54, 1.807) is 10.5 Å². The molecule has 0 atom stereocenters. The number of aryl methyl sites for hydroxylation is 2. The van der Waals surface area contributed by atoms with Gasteiger partial charge in [-0.3, -0.25) is 4.79 Å². The molecule has 1 aliphatic rings. The lowest BCUT2D eigenvalue weighted by Gasteiger charge is -2.37. The maximum Gasteiger partial charge on any atom is 0.222 e. The normalized spacial score (nSPS) is 15.6. The van der Waals surface area contributed by atoms with E-state index in [0.29, 0.717) is 45.4 Å². The molecule has 1 saturated heterocycles. The van der Waals surface area contributed by atoms with Crippen molar-refractivity contribution >= 4 is 15.9 Å². The highest BCUT2D eigenvalue weighted by Gasteiger charge is 2.31. The third kappa shape index (κ3) is 6.15. The second-order valence-corrected chi connectivity index (χ2v) is 9.93. The molecule has 1 amide bonds. The van der Waals surface area contributed by atoms with Crippen molar-refractivity contribution < 1.29 is 13.2 Å². The summed E-state index contributed by atoms with van der Waals surface area (Å²) in [4.78, 5) is 18.6. The summed E-state index contributed by atoms with van der Waals surface area (Å²) in [5, 5.41) is 0. The van der Waals surface area contributed by atoms with Gasteiger partial charge in [-0.1, -0.05) is 30.3 Å². The molecule has 0 spiro atoms. The number of imidazole rings is 1. The molecule has 0 radical (unpaired) electrons. The number of sulfonamides is 1. The average Bonchev–Trinajstić information content (AvgIpc) is 3.13. The van der Waals surface area contributed by atoms with Crippen LogP contribution in [0.15, 0.2) is 42.7 Å². The molecule has 1 aliphatic heterocycles. The van der Waals surface area contributed by atoms with Crippen LogP contribution in [0.25, 0.3) is 0 Å². The average molecular weight is 433 g/mol. The van der Waals surface area contributed by atoms with Crippen molar-refractivity contribution in [2.24, 2.45) is 0 Å². The first kappa shape index (κ1) is 22.5. The number of piperidine rings is 1. The first-order valence-corrected chi connectivity index (χ1v) is 12.5. The van der Waals surface area contributed by atoms with E-state index in [1.807, 2.05) is 40.8 Å². The Kier molecular flexibility index (Phi) is 7.66. The minimum atomic E-state index is -3.32. The molecule has 1 aromatic carbocycles. The van der Waals surface area contributed by atoms with Crippen LogP contribution in [0.5, 0.6) is 0 Å². The molecule has 8 heteroatoms. The zero-order chi connectivity index (χ0) is 21.6. The van der Waals surface area contributed by atoms with Gasteiger partial charge in [0.1, 0.15) is 5.82 Å². The van der Waals surface area contributed by atoms with Gasteiger partial charge < -0.3 is 9.47 Å². The topological polar surface area (TPSA) is 75.5 Å². The van der Waals surface area contributed by atoms with E-state index in [9.17, 15) is 13.2 Å². The van der Waals surface area contributed by atoms with Crippen LogP contribution in [0.3, 0.4) is 0 Å². The maximum absolute atomic E-state index is 12.6. The van der Waals surface area contributed by atoms with Crippen LogP contribution < -0.4 is 0 Å². The summed E-state index contributed by atoms with van der Waals surface area (Å²) >= 11 is 0. The van der Waals surface area contributed by atoms with Crippen molar-refractivity contribution in [3.05, 3.63) is 54.1 Å². The number of benzene rings is 1. The lowest BCUT2D eigenvalue weighted by atomic mass is 10.0.